The van der Waals surface area contributed by atoms with E-state index in [0.717, 1.165) is 29.5 Å². The third-order valence-corrected chi connectivity index (χ3v) is 3.78. The molecule has 2 atom stereocenters. The smallest absolute Gasteiger partial charge is 0.128 e. The molecule has 1 aromatic rings. The zero-order chi connectivity index (χ0) is 15.5. The van der Waals surface area contributed by atoms with Crippen LogP contribution in [-0.2, 0) is 0 Å². The van der Waals surface area contributed by atoms with E-state index >= 15 is 0 Å². The average molecular weight is 279 g/mol. The highest BCUT2D eigenvalue weighted by molar-refractivity contribution is 5.34. The minimum Gasteiger partial charge on any atom is -0.313 e. The molecule has 2 heteroatoms. The van der Waals surface area contributed by atoms with Gasteiger partial charge in [-0.25, -0.2) is 4.39 Å². The summed E-state index contributed by atoms with van der Waals surface area (Å²) >= 11 is 0. The summed E-state index contributed by atoms with van der Waals surface area (Å²) in [7, 11) is 1.92. The Morgan fingerprint density at radius 2 is 1.80 bits per heavy atom. The Hall–Kier alpha value is -0.890. The van der Waals surface area contributed by atoms with E-state index in [9.17, 15) is 4.39 Å². The molecule has 0 radical (unpaired) electrons. The number of halogens is 1. The van der Waals surface area contributed by atoms with E-state index in [1.807, 2.05) is 20.9 Å². The molecule has 1 N–H and O–H groups in total. The van der Waals surface area contributed by atoms with Crippen LogP contribution in [0.4, 0.5) is 4.39 Å². The molecular formula is C18H30FN. The Balaban J connectivity index is 2.92. The summed E-state index contributed by atoms with van der Waals surface area (Å²) in [4.78, 5) is 0. The van der Waals surface area contributed by atoms with Crippen molar-refractivity contribution in [1.82, 2.24) is 5.32 Å². The molecule has 0 fully saturated rings. The minimum absolute atomic E-state index is 0.0789. The summed E-state index contributed by atoms with van der Waals surface area (Å²) in [5.74, 6) is 0.484. The van der Waals surface area contributed by atoms with Crippen LogP contribution in [0.25, 0.3) is 0 Å². The van der Waals surface area contributed by atoms with Gasteiger partial charge in [0.2, 0.25) is 0 Å². The Morgan fingerprint density at radius 1 is 1.20 bits per heavy atom. The Kier molecular flexibility index (Phi) is 5.76. The van der Waals surface area contributed by atoms with Crippen molar-refractivity contribution in [2.24, 2.45) is 11.3 Å². The number of benzene rings is 1. The van der Waals surface area contributed by atoms with Crippen molar-refractivity contribution in [3.8, 4) is 0 Å². The molecule has 0 amide bonds. The zero-order valence-electron chi connectivity index (χ0n) is 14.1. The van der Waals surface area contributed by atoms with Gasteiger partial charge in [0.1, 0.15) is 5.82 Å². The van der Waals surface area contributed by atoms with Gasteiger partial charge in [-0.2, -0.15) is 0 Å². The molecule has 0 aliphatic carbocycles. The Morgan fingerprint density at radius 3 is 2.25 bits per heavy atom. The van der Waals surface area contributed by atoms with Crippen molar-refractivity contribution < 1.29 is 4.39 Å². The van der Waals surface area contributed by atoms with Crippen LogP contribution < -0.4 is 5.32 Å². The molecule has 1 rings (SSSR count). The maximum atomic E-state index is 14.3. The van der Waals surface area contributed by atoms with Crippen molar-refractivity contribution in [3.63, 3.8) is 0 Å². The number of nitrogens with one attached hydrogen (secondary N) is 1. The van der Waals surface area contributed by atoms with E-state index < -0.39 is 0 Å². The molecule has 0 spiro atoms. The first-order valence-electron chi connectivity index (χ1n) is 7.58. The summed E-state index contributed by atoms with van der Waals surface area (Å²) in [5, 5.41) is 3.30. The molecule has 0 bridgehead atoms. The van der Waals surface area contributed by atoms with E-state index in [0.29, 0.717) is 11.3 Å². The molecule has 20 heavy (non-hydrogen) atoms. The van der Waals surface area contributed by atoms with E-state index in [1.54, 1.807) is 6.07 Å². The van der Waals surface area contributed by atoms with E-state index in [2.05, 4.69) is 39.1 Å². The standard InChI is InChI=1S/C18H30FN/c1-12-8-14(3)17(15(19)9-12)16(20-7)10-13(2)11-18(4,5)6/h8-9,13,16,20H,10-11H2,1-7H3. The number of hydrogen-bond donors (Lipinski definition) is 1. The van der Waals surface area contributed by atoms with Crippen LogP contribution in [0.3, 0.4) is 0 Å². The fourth-order valence-electron chi connectivity index (χ4n) is 3.28. The van der Waals surface area contributed by atoms with E-state index in [1.165, 1.54) is 0 Å². The predicted octanol–water partition coefficient (Wildman–Crippen LogP) is 5.17. The van der Waals surface area contributed by atoms with Crippen LogP contribution in [0.15, 0.2) is 12.1 Å². The van der Waals surface area contributed by atoms with Gasteiger partial charge in [0.05, 0.1) is 0 Å². The first-order chi connectivity index (χ1) is 9.14. The van der Waals surface area contributed by atoms with Gasteiger partial charge in [-0.3, -0.25) is 0 Å². The van der Waals surface area contributed by atoms with Crippen molar-refractivity contribution in [1.29, 1.82) is 0 Å². The highest BCUT2D eigenvalue weighted by Crippen LogP contribution is 2.32. The van der Waals surface area contributed by atoms with Crippen LogP contribution in [0.5, 0.6) is 0 Å². The van der Waals surface area contributed by atoms with Gasteiger partial charge in [0, 0.05) is 11.6 Å². The van der Waals surface area contributed by atoms with E-state index in [4.69, 9.17) is 0 Å². The lowest BCUT2D eigenvalue weighted by atomic mass is 9.81. The van der Waals surface area contributed by atoms with Crippen LogP contribution in [0.2, 0.25) is 0 Å². The van der Waals surface area contributed by atoms with Gasteiger partial charge in [0.25, 0.3) is 0 Å². The second kappa shape index (κ2) is 6.71. The lowest BCUT2D eigenvalue weighted by Gasteiger charge is -2.28. The fourth-order valence-corrected chi connectivity index (χ4v) is 3.28. The number of hydrogen-bond acceptors (Lipinski definition) is 1. The fraction of sp³-hybridized carbons (Fsp3) is 0.667. The quantitative estimate of drug-likeness (QED) is 0.784. The summed E-state index contributed by atoms with van der Waals surface area (Å²) < 4.78 is 14.3. The SMILES string of the molecule is CNC(CC(C)CC(C)(C)C)c1c(C)cc(C)cc1F. The summed E-state index contributed by atoms with van der Waals surface area (Å²) in [6, 6.07) is 3.80. The number of aryl methyl sites for hydroxylation is 2. The van der Waals surface area contributed by atoms with Crippen molar-refractivity contribution >= 4 is 0 Å². The van der Waals surface area contributed by atoms with Crippen LogP contribution in [0, 0.1) is 31.0 Å². The van der Waals surface area contributed by atoms with Crippen LogP contribution >= 0.6 is 0 Å². The first-order valence-corrected chi connectivity index (χ1v) is 7.58. The van der Waals surface area contributed by atoms with Crippen molar-refractivity contribution in [2.45, 2.75) is 60.4 Å². The Bertz CT molecular complexity index is 422. The normalized spacial score (nSPS) is 15.2. The molecule has 0 heterocycles. The minimum atomic E-state index is -0.0789. The molecule has 0 aromatic heterocycles. The van der Waals surface area contributed by atoms with Gasteiger partial charge < -0.3 is 5.32 Å². The van der Waals surface area contributed by atoms with Gasteiger partial charge in [-0.15, -0.1) is 0 Å². The molecule has 1 nitrogen and oxygen atoms in total. The average Bonchev–Trinajstić information content (AvgIpc) is 2.23. The van der Waals surface area contributed by atoms with Crippen LogP contribution in [0.1, 0.15) is 63.3 Å². The lowest BCUT2D eigenvalue weighted by Crippen LogP contribution is -2.23. The molecule has 2 unspecified atom stereocenters. The third kappa shape index (κ3) is 4.90. The summed E-state index contributed by atoms with van der Waals surface area (Å²) in [5.41, 5.74) is 3.18. The van der Waals surface area contributed by atoms with Gasteiger partial charge in [-0.05, 0) is 62.3 Å². The zero-order valence-corrected chi connectivity index (χ0v) is 14.1. The van der Waals surface area contributed by atoms with Gasteiger partial charge >= 0.3 is 0 Å². The predicted molar refractivity (Wildman–Crippen MR) is 85.5 cm³/mol. The largest absolute Gasteiger partial charge is 0.313 e. The monoisotopic (exact) mass is 279 g/mol. The number of rotatable bonds is 5. The summed E-state index contributed by atoms with van der Waals surface area (Å²) in [6.45, 7) is 13.0. The topological polar surface area (TPSA) is 12.0 Å². The first kappa shape index (κ1) is 17.2. The Labute approximate surface area is 124 Å². The molecule has 1 aromatic carbocycles. The van der Waals surface area contributed by atoms with Crippen LogP contribution in [-0.4, -0.2) is 7.05 Å². The molecule has 114 valence electrons. The molecule has 0 saturated carbocycles. The lowest BCUT2D eigenvalue weighted by molar-refractivity contribution is 0.277. The highest BCUT2D eigenvalue weighted by atomic mass is 19.1. The maximum absolute atomic E-state index is 14.3. The highest BCUT2D eigenvalue weighted by Gasteiger charge is 2.22. The van der Waals surface area contributed by atoms with E-state index in [-0.39, 0.29) is 11.9 Å². The summed E-state index contributed by atoms with van der Waals surface area (Å²) in [6.07, 6.45) is 2.12. The maximum Gasteiger partial charge on any atom is 0.128 e. The molecular weight excluding hydrogens is 249 g/mol. The molecule has 0 aliphatic heterocycles. The second-order valence-corrected chi connectivity index (χ2v) is 7.42. The van der Waals surface area contributed by atoms with Crippen molar-refractivity contribution in [2.75, 3.05) is 7.05 Å². The van der Waals surface area contributed by atoms with Gasteiger partial charge in [-0.1, -0.05) is 33.8 Å². The molecule has 0 aliphatic rings. The third-order valence-electron chi connectivity index (χ3n) is 3.78. The molecule has 0 saturated heterocycles. The van der Waals surface area contributed by atoms with Gasteiger partial charge in [0.15, 0.2) is 0 Å². The van der Waals surface area contributed by atoms with Crippen molar-refractivity contribution in [3.05, 3.63) is 34.6 Å². The second-order valence-electron chi connectivity index (χ2n) is 7.42.